The number of nitrogens with one attached hydrogen (secondary N) is 2. The van der Waals surface area contributed by atoms with Crippen LogP contribution in [0.3, 0.4) is 0 Å². The van der Waals surface area contributed by atoms with Crippen molar-refractivity contribution in [3.63, 3.8) is 0 Å². The highest BCUT2D eigenvalue weighted by Crippen LogP contribution is 2.07. The van der Waals surface area contributed by atoms with Gasteiger partial charge in [0, 0.05) is 6.04 Å². The van der Waals surface area contributed by atoms with E-state index in [9.17, 15) is 4.79 Å². The maximum absolute atomic E-state index is 11.6. The molecular formula is C9H16N4O. The van der Waals surface area contributed by atoms with Crippen LogP contribution in [0.15, 0.2) is 6.20 Å². The van der Waals surface area contributed by atoms with Crippen LogP contribution >= 0.6 is 0 Å². The lowest BCUT2D eigenvalue weighted by molar-refractivity contribution is 0.0931. The number of rotatable bonds is 3. The molecule has 0 saturated carbocycles. The summed E-state index contributed by atoms with van der Waals surface area (Å²) in [5.41, 5.74) is 5.91. The third-order valence-electron chi connectivity index (χ3n) is 2.27. The largest absolute Gasteiger partial charge is 0.383 e. The fraction of sp³-hybridized carbons (Fsp3) is 0.556. The predicted molar refractivity (Wildman–Crippen MR) is 54.8 cm³/mol. The van der Waals surface area contributed by atoms with Crippen molar-refractivity contribution in [1.29, 1.82) is 0 Å². The first kappa shape index (κ1) is 10.6. The van der Waals surface area contributed by atoms with Gasteiger partial charge in [-0.25, -0.2) is 0 Å². The number of nitrogens with two attached hydrogens (primary N) is 1. The molecule has 0 aliphatic carbocycles. The van der Waals surface area contributed by atoms with E-state index in [1.54, 1.807) is 0 Å². The first-order valence-corrected chi connectivity index (χ1v) is 4.62. The molecule has 0 spiro atoms. The maximum atomic E-state index is 11.6. The Morgan fingerprint density at radius 3 is 2.64 bits per heavy atom. The normalized spacial score (nSPS) is 12.9. The third kappa shape index (κ3) is 2.25. The van der Waals surface area contributed by atoms with Gasteiger partial charge in [0.15, 0.2) is 0 Å². The molecule has 0 aliphatic heterocycles. The van der Waals surface area contributed by atoms with Crippen LogP contribution in [0.25, 0.3) is 0 Å². The highest BCUT2D eigenvalue weighted by Gasteiger charge is 2.15. The number of H-pyrrole nitrogens is 1. The van der Waals surface area contributed by atoms with Crippen molar-refractivity contribution in [2.75, 3.05) is 5.73 Å². The van der Waals surface area contributed by atoms with Gasteiger partial charge in [0.2, 0.25) is 0 Å². The molecule has 4 N–H and O–H groups in total. The zero-order chi connectivity index (χ0) is 10.7. The number of anilines is 1. The van der Waals surface area contributed by atoms with Crippen molar-refractivity contribution in [3.05, 3.63) is 11.8 Å². The van der Waals surface area contributed by atoms with Gasteiger partial charge in [0.1, 0.15) is 11.4 Å². The zero-order valence-corrected chi connectivity index (χ0v) is 8.66. The van der Waals surface area contributed by atoms with E-state index in [0.717, 1.165) is 0 Å². The molecule has 5 heteroatoms. The van der Waals surface area contributed by atoms with Gasteiger partial charge in [0.05, 0.1) is 6.20 Å². The van der Waals surface area contributed by atoms with Crippen LogP contribution in [0.4, 0.5) is 5.82 Å². The Morgan fingerprint density at radius 2 is 2.21 bits per heavy atom. The lowest BCUT2D eigenvalue weighted by atomic mass is 10.1. The van der Waals surface area contributed by atoms with E-state index in [2.05, 4.69) is 15.5 Å². The van der Waals surface area contributed by atoms with Gasteiger partial charge >= 0.3 is 0 Å². The van der Waals surface area contributed by atoms with Crippen LogP contribution in [0.2, 0.25) is 0 Å². The van der Waals surface area contributed by atoms with Gasteiger partial charge in [0.25, 0.3) is 5.91 Å². The summed E-state index contributed by atoms with van der Waals surface area (Å²) in [5, 5.41) is 9.05. The van der Waals surface area contributed by atoms with Crippen molar-refractivity contribution in [2.24, 2.45) is 5.92 Å². The van der Waals surface area contributed by atoms with Gasteiger partial charge in [-0.15, -0.1) is 0 Å². The van der Waals surface area contributed by atoms with Crippen LogP contribution < -0.4 is 11.1 Å². The van der Waals surface area contributed by atoms with Gasteiger partial charge in [-0.05, 0) is 12.8 Å². The highest BCUT2D eigenvalue weighted by molar-refractivity contribution is 5.98. The minimum atomic E-state index is -0.183. The number of carbonyl (C=O) groups is 1. The Hall–Kier alpha value is -1.52. The Kier molecular flexibility index (Phi) is 3.11. The van der Waals surface area contributed by atoms with Gasteiger partial charge in [-0.3, -0.25) is 9.89 Å². The van der Waals surface area contributed by atoms with Crippen LogP contribution in [0.5, 0.6) is 0 Å². The van der Waals surface area contributed by atoms with E-state index < -0.39 is 0 Å². The second-order valence-electron chi connectivity index (χ2n) is 3.70. The summed E-state index contributed by atoms with van der Waals surface area (Å²) in [4.78, 5) is 11.6. The number of nitrogen functional groups attached to an aromatic ring is 1. The van der Waals surface area contributed by atoms with E-state index in [-0.39, 0.29) is 11.9 Å². The fourth-order valence-corrected chi connectivity index (χ4v) is 0.928. The van der Waals surface area contributed by atoms with Gasteiger partial charge < -0.3 is 11.1 Å². The Bertz CT molecular complexity index is 318. The standard InChI is InChI=1S/C9H16N4O/c1-5(2)6(3)12-9(14)7-4-11-13-8(7)10/h4-6H,1-3H3,(H,12,14)(H3,10,11,13). The molecule has 1 aromatic heterocycles. The number of amides is 1. The summed E-state index contributed by atoms with van der Waals surface area (Å²) in [7, 11) is 0. The Labute approximate surface area is 83.1 Å². The van der Waals surface area contributed by atoms with Crippen LogP contribution in [-0.4, -0.2) is 22.1 Å². The number of aromatic amines is 1. The lowest BCUT2D eigenvalue weighted by Crippen LogP contribution is -2.36. The topological polar surface area (TPSA) is 83.8 Å². The molecule has 0 aromatic carbocycles. The minimum Gasteiger partial charge on any atom is -0.383 e. The van der Waals surface area contributed by atoms with Crippen molar-refractivity contribution < 1.29 is 4.79 Å². The summed E-state index contributed by atoms with van der Waals surface area (Å²) < 4.78 is 0. The number of aromatic nitrogens is 2. The van der Waals surface area contributed by atoms with E-state index >= 15 is 0 Å². The molecule has 1 atom stereocenters. The van der Waals surface area contributed by atoms with E-state index in [0.29, 0.717) is 17.3 Å². The molecule has 0 fully saturated rings. The molecule has 1 aromatic rings. The molecule has 0 radical (unpaired) electrons. The Morgan fingerprint density at radius 1 is 1.57 bits per heavy atom. The van der Waals surface area contributed by atoms with Crippen LogP contribution in [0.1, 0.15) is 31.1 Å². The quantitative estimate of drug-likeness (QED) is 0.667. The average molecular weight is 196 g/mol. The number of nitrogens with zero attached hydrogens (tertiary/aromatic N) is 1. The van der Waals surface area contributed by atoms with Gasteiger partial charge in [-0.2, -0.15) is 5.10 Å². The smallest absolute Gasteiger partial charge is 0.256 e. The molecule has 1 amide bonds. The van der Waals surface area contributed by atoms with E-state index in [1.165, 1.54) is 6.20 Å². The maximum Gasteiger partial charge on any atom is 0.256 e. The average Bonchev–Trinajstić information content (AvgIpc) is 2.51. The first-order valence-electron chi connectivity index (χ1n) is 4.62. The molecule has 1 heterocycles. The molecular weight excluding hydrogens is 180 g/mol. The lowest BCUT2D eigenvalue weighted by Gasteiger charge is -2.16. The molecule has 14 heavy (non-hydrogen) atoms. The summed E-state index contributed by atoms with van der Waals surface area (Å²) in [5.74, 6) is 0.517. The van der Waals surface area contributed by atoms with Crippen molar-refractivity contribution >= 4 is 11.7 Å². The molecule has 78 valence electrons. The molecule has 0 bridgehead atoms. The van der Waals surface area contributed by atoms with Crippen molar-refractivity contribution in [3.8, 4) is 0 Å². The van der Waals surface area contributed by atoms with Gasteiger partial charge in [-0.1, -0.05) is 13.8 Å². The monoisotopic (exact) mass is 196 g/mol. The third-order valence-corrected chi connectivity index (χ3v) is 2.27. The molecule has 0 aliphatic rings. The van der Waals surface area contributed by atoms with Crippen LogP contribution in [0, 0.1) is 5.92 Å². The van der Waals surface area contributed by atoms with Crippen LogP contribution in [-0.2, 0) is 0 Å². The highest BCUT2D eigenvalue weighted by atomic mass is 16.1. The number of hydrogen-bond acceptors (Lipinski definition) is 3. The summed E-state index contributed by atoms with van der Waals surface area (Å²) in [6, 6.07) is 0.122. The second-order valence-corrected chi connectivity index (χ2v) is 3.70. The summed E-state index contributed by atoms with van der Waals surface area (Å²) in [6.45, 7) is 6.05. The molecule has 0 saturated heterocycles. The van der Waals surface area contributed by atoms with E-state index in [4.69, 9.17) is 5.73 Å². The SMILES string of the molecule is CC(C)C(C)NC(=O)c1cn[nH]c1N. The first-order chi connectivity index (χ1) is 6.52. The van der Waals surface area contributed by atoms with Crippen molar-refractivity contribution in [1.82, 2.24) is 15.5 Å². The summed E-state index contributed by atoms with van der Waals surface area (Å²) >= 11 is 0. The zero-order valence-electron chi connectivity index (χ0n) is 8.66. The minimum absolute atomic E-state index is 0.122. The fourth-order valence-electron chi connectivity index (χ4n) is 0.928. The molecule has 5 nitrogen and oxygen atoms in total. The Balaban J connectivity index is 2.64. The molecule has 1 unspecified atom stereocenters. The van der Waals surface area contributed by atoms with Crippen molar-refractivity contribution in [2.45, 2.75) is 26.8 Å². The predicted octanol–water partition coefficient (Wildman–Crippen LogP) is 0.766. The van der Waals surface area contributed by atoms with E-state index in [1.807, 2.05) is 20.8 Å². The number of hydrogen-bond donors (Lipinski definition) is 3. The second kappa shape index (κ2) is 4.13. The summed E-state index contributed by atoms with van der Waals surface area (Å²) in [6.07, 6.45) is 1.43. The molecule has 1 rings (SSSR count). The number of carbonyl (C=O) groups excluding carboxylic acids is 1.